The van der Waals surface area contributed by atoms with Crippen molar-refractivity contribution < 1.29 is 20.1 Å². The summed E-state index contributed by atoms with van der Waals surface area (Å²) in [5.41, 5.74) is -0.0996. The molecule has 2 aromatic heterocycles. The molecule has 1 saturated heterocycles. The summed E-state index contributed by atoms with van der Waals surface area (Å²) in [6.07, 6.45) is -3.40. The number of aliphatic hydroxyl groups is 3. The Bertz CT molecular complexity index is 1110. The van der Waals surface area contributed by atoms with Crippen molar-refractivity contribution >= 4 is 0 Å². The highest BCUT2D eigenvalue weighted by atomic mass is 16.6. The highest BCUT2D eigenvalue weighted by Crippen LogP contribution is 2.33. The molecule has 0 radical (unpaired) electrons. The van der Waals surface area contributed by atoms with Crippen LogP contribution in [0.25, 0.3) is 5.69 Å². The Morgan fingerprint density at radius 2 is 1.86 bits per heavy atom. The number of nitrogens with zero attached hydrogens (tertiary/aromatic N) is 3. The van der Waals surface area contributed by atoms with Crippen LogP contribution in [0.3, 0.4) is 0 Å². The number of aromatic nitrogens is 5. The van der Waals surface area contributed by atoms with Crippen LogP contribution >= 0.6 is 0 Å². The quantitative estimate of drug-likeness (QED) is 0.340. The molecule has 152 valence electrons. The lowest BCUT2D eigenvalue weighted by Gasteiger charge is -2.16. The molecule has 1 aromatic carbocycles. The van der Waals surface area contributed by atoms with Crippen molar-refractivity contribution in [3.8, 4) is 5.69 Å². The van der Waals surface area contributed by atoms with E-state index in [1.807, 2.05) is 30.3 Å². The molecular weight excluding hydrogens is 382 g/mol. The predicted molar refractivity (Wildman–Crippen MR) is 98.6 cm³/mol. The van der Waals surface area contributed by atoms with Gasteiger partial charge in [-0.2, -0.15) is 0 Å². The molecule has 29 heavy (non-hydrogen) atoms. The van der Waals surface area contributed by atoms with Crippen LogP contribution in [0, 0.1) is 0 Å². The second kappa shape index (κ2) is 7.72. The Morgan fingerprint density at radius 3 is 2.55 bits per heavy atom. The Labute approximate surface area is 163 Å². The molecule has 1 fully saturated rings. The first kappa shape index (κ1) is 19.2. The van der Waals surface area contributed by atoms with Crippen LogP contribution in [0.15, 0.2) is 46.1 Å². The van der Waals surface area contributed by atoms with Crippen molar-refractivity contribution in [3.05, 3.63) is 74.3 Å². The zero-order valence-electron chi connectivity index (χ0n) is 15.1. The maximum absolute atomic E-state index is 12.5. The van der Waals surface area contributed by atoms with E-state index in [0.29, 0.717) is 5.69 Å². The van der Waals surface area contributed by atoms with E-state index in [0.717, 1.165) is 5.69 Å². The van der Waals surface area contributed by atoms with E-state index >= 15 is 0 Å². The van der Waals surface area contributed by atoms with Gasteiger partial charge >= 0.3 is 5.69 Å². The third kappa shape index (κ3) is 3.63. The summed E-state index contributed by atoms with van der Waals surface area (Å²) < 4.78 is 7.01. The molecule has 0 saturated carbocycles. The van der Waals surface area contributed by atoms with Crippen LogP contribution in [0.4, 0.5) is 0 Å². The molecule has 0 amide bonds. The van der Waals surface area contributed by atoms with Crippen LogP contribution < -0.4 is 11.2 Å². The fourth-order valence-electron chi connectivity index (χ4n) is 3.39. The Kier molecular flexibility index (Phi) is 5.11. The molecule has 0 aliphatic carbocycles. The normalized spacial score (nSPS) is 24.1. The first-order chi connectivity index (χ1) is 14.0. The van der Waals surface area contributed by atoms with Gasteiger partial charge in [-0.1, -0.05) is 23.4 Å². The van der Waals surface area contributed by atoms with E-state index in [-0.39, 0.29) is 17.7 Å². The molecular formula is C18H19N5O6. The van der Waals surface area contributed by atoms with Gasteiger partial charge < -0.3 is 25.0 Å². The topological polar surface area (TPSA) is 166 Å². The third-order valence-electron chi connectivity index (χ3n) is 4.81. The lowest BCUT2D eigenvalue weighted by molar-refractivity contribution is -0.0235. The summed E-state index contributed by atoms with van der Waals surface area (Å²) in [5, 5.41) is 37.7. The van der Waals surface area contributed by atoms with Crippen molar-refractivity contribution in [2.45, 2.75) is 30.8 Å². The van der Waals surface area contributed by atoms with Gasteiger partial charge in [-0.3, -0.25) is 9.78 Å². The SMILES string of the molecule is O=c1[nH]c(Cc2cn(-c3ccccc3)nn2)c(C2OC(CO)C(O)C2O)c(=O)[nH]1. The highest BCUT2D eigenvalue weighted by molar-refractivity contribution is 5.31. The van der Waals surface area contributed by atoms with Gasteiger partial charge in [0.25, 0.3) is 5.56 Å². The number of aromatic amines is 2. The van der Waals surface area contributed by atoms with Crippen LogP contribution in [-0.2, 0) is 11.2 Å². The predicted octanol–water partition coefficient (Wildman–Crippen LogP) is -1.61. The van der Waals surface area contributed by atoms with Gasteiger partial charge in [0.1, 0.15) is 24.4 Å². The fraction of sp³-hybridized carbons (Fsp3) is 0.333. The molecule has 5 N–H and O–H groups in total. The van der Waals surface area contributed by atoms with E-state index in [2.05, 4.69) is 20.3 Å². The monoisotopic (exact) mass is 401 g/mol. The molecule has 4 unspecified atom stereocenters. The van der Waals surface area contributed by atoms with Crippen LogP contribution in [0.1, 0.15) is 23.1 Å². The molecule has 3 heterocycles. The highest BCUT2D eigenvalue weighted by Gasteiger charge is 2.45. The maximum Gasteiger partial charge on any atom is 0.325 e. The second-order valence-electron chi connectivity index (χ2n) is 6.73. The number of para-hydroxylation sites is 1. The van der Waals surface area contributed by atoms with Gasteiger partial charge in [-0.05, 0) is 12.1 Å². The van der Waals surface area contributed by atoms with Gasteiger partial charge in [-0.25, -0.2) is 9.48 Å². The molecule has 11 heteroatoms. The summed E-state index contributed by atoms with van der Waals surface area (Å²) in [7, 11) is 0. The number of nitrogens with one attached hydrogen (secondary N) is 2. The van der Waals surface area contributed by atoms with Crippen LogP contribution in [0.5, 0.6) is 0 Å². The van der Waals surface area contributed by atoms with Gasteiger partial charge in [-0.15, -0.1) is 5.10 Å². The second-order valence-corrected chi connectivity index (χ2v) is 6.73. The Balaban J connectivity index is 1.69. The van der Waals surface area contributed by atoms with Gasteiger partial charge in [0, 0.05) is 12.1 Å². The average molecular weight is 401 g/mol. The summed E-state index contributed by atoms with van der Waals surface area (Å²) >= 11 is 0. The van der Waals surface area contributed by atoms with Crippen LogP contribution in [0.2, 0.25) is 0 Å². The summed E-state index contributed by atoms with van der Waals surface area (Å²) in [5.74, 6) is 0. The smallest absolute Gasteiger partial charge is 0.325 e. The number of hydrogen-bond donors (Lipinski definition) is 5. The number of benzene rings is 1. The van der Waals surface area contributed by atoms with Gasteiger partial charge in [0.15, 0.2) is 0 Å². The first-order valence-corrected chi connectivity index (χ1v) is 8.92. The largest absolute Gasteiger partial charge is 0.394 e. The average Bonchev–Trinajstić information content (AvgIpc) is 3.28. The number of ether oxygens (including phenoxy) is 1. The van der Waals surface area contributed by atoms with E-state index in [4.69, 9.17) is 4.74 Å². The van der Waals surface area contributed by atoms with Crippen molar-refractivity contribution in [1.82, 2.24) is 25.0 Å². The third-order valence-corrected chi connectivity index (χ3v) is 4.81. The minimum Gasteiger partial charge on any atom is -0.394 e. The van der Waals surface area contributed by atoms with Gasteiger partial charge in [0.05, 0.1) is 29.7 Å². The maximum atomic E-state index is 12.5. The Hall–Kier alpha value is -3.12. The number of H-pyrrole nitrogens is 2. The molecule has 1 aliphatic heterocycles. The molecule has 0 bridgehead atoms. The Morgan fingerprint density at radius 1 is 1.10 bits per heavy atom. The number of aliphatic hydroxyl groups excluding tert-OH is 3. The molecule has 4 atom stereocenters. The standard InChI is InChI=1S/C18H19N5O6/c24-8-12-14(25)15(26)16(29-12)13-11(19-18(28)20-17(13)27)6-9-7-23(22-21-9)10-4-2-1-3-5-10/h1-5,7,12,14-16,24-26H,6,8H2,(H2,19,20,27,28). The summed E-state index contributed by atoms with van der Waals surface area (Å²) in [4.78, 5) is 28.9. The first-order valence-electron chi connectivity index (χ1n) is 8.92. The van der Waals surface area contributed by atoms with E-state index in [1.165, 1.54) is 0 Å². The van der Waals surface area contributed by atoms with E-state index < -0.39 is 42.3 Å². The fourth-order valence-corrected chi connectivity index (χ4v) is 3.39. The molecule has 3 aromatic rings. The van der Waals surface area contributed by atoms with E-state index in [1.54, 1.807) is 10.9 Å². The van der Waals surface area contributed by atoms with Crippen molar-refractivity contribution in [1.29, 1.82) is 0 Å². The van der Waals surface area contributed by atoms with Crippen molar-refractivity contribution in [3.63, 3.8) is 0 Å². The van der Waals surface area contributed by atoms with Crippen LogP contribution in [-0.4, -0.2) is 65.2 Å². The number of rotatable bonds is 5. The molecule has 1 aliphatic rings. The lowest BCUT2D eigenvalue weighted by atomic mass is 9.99. The zero-order chi connectivity index (χ0) is 20.5. The van der Waals surface area contributed by atoms with Crippen molar-refractivity contribution in [2.75, 3.05) is 6.61 Å². The summed E-state index contributed by atoms with van der Waals surface area (Å²) in [6.45, 7) is -0.531. The molecule has 4 rings (SSSR count). The molecule has 0 spiro atoms. The van der Waals surface area contributed by atoms with Gasteiger partial charge in [0.2, 0.25) is 0 Å². The molecule has 11 nitrogen and oxygen atoms in total. The minimum atomic E-state index is -1.45. The van der Waals surface area contributed by atoms with E-state index in [9.17, 15) is 24.9 Å². The zero-order valence-corrected chi connectivity index (χ0v) is 15.1. The number of hydrogen-bond acceptors (Lipinski definition) is 8. The summed E-state index contributed by atoms with van der Waals surface area (Å²) in [6, 6.07) is 9.27. The minimum absolute atomic E-state index is 0.0355. The van der Waals surface area contributed by atoms with Crippen molar-refractivity contribution in [2.24, 2.45) is 0 Å². The lowest BCUT2D eigenvalue weighted by Crippen LogP contribution is -2.35.